The maximum Gasteiger partial charge on any atom is 0.0409 e. The molecule has 1 aliphatic rings. The smallest absolute Gasteiger partial charge is 0.0409 e. The van der Waals surface area contributed by atoms with Gasteiger partial charge >= 0.3 is 0 Å². The lowest BCUT2D eigenvalue weighted by molar-refractivity contribution is 0.292. The molecule has 0 bridgehead atoms. The SMILES string of the molecule is CC1CCC(NC(C)c2cccc(Cl)c2)CC1. The molecular formula is C15H22ClN. The monoisotopic (exact) mass is 251 g/mol. The van der Waals surface area contributed by atoms with Crippen molar-refractivity contribution < 1.29 is 0 Å². The number of hydrogen-bond acceptors (Lipinski definition) is 1. The highest BCUT2D eigenvalue weighted by atomic mass is 35.5. The van der Waals surface area contributed by atoms with Crippen LogP contribution in [0.2, 0.25) is 5.02 Å². The van der Waals surface area contributed by atoms with Crippen LogP contribution in [-0.2, 0) is 0 Å². The van der Waals surface area contributed by atoms with Crippen LogP contribution in [0.15, 0.2) is 24.3 Å². The number of benzene rings is 1. The molecule has 1 saturated carbocycles. The fourth-order valence-corrected chi connectivity index (χ4v) is 2.85. The van der Waals surface area contributed by atoms with Crippen LogP contribution < -0.4 is 5.32 Å². The summed E-state index contributed by atoms with van der Waals surface area (Å²) in [5.41, 5.74) is 1.29. The van der Waals surface area contributed by atoms with Gasteiger partial charge in [-0.15, -0.1) is 0 Å². The lowest BCUT2D eigenvalue weighted by Crippen LogP contribution is -2.34. The number of nitrogens with one attached hydrogen (secondary N) is 1. The maximum absolute atomic E-state index is 6.02. The summed E-state index contributed by atoms with van der Waals surface area (Å²) < 4.78 is 0. The van der Waals surface area contributed by atoms with Gasteiger partial charge in [-0.05, 0) is 56.2 Å². The average molecular weight is 252 g/mol. The molecule has 94 valence electrons. The molecule has 1 N–H and O–H groups in total. The Morgan fingerprint density at radius 1 is 1.24 bits per heavy atom. The first-order chi connectivity index (χ1) is 8.15. The molecule has 1 aromatic carbocycles. The van der Waals surface area contributed by atoms with Crippen molar-refractivity contribution in [3.63, 3.8) is 0 Å². The van der Waals surface area contributed by atoms with Crippen molar-refractivity contribution in [1.29, 1.82) is 0 Å². The molecule has 0 amide bonds. The van der Waals surface area contributed by atoms with Gasteiger partial charge in [0.15, 0.2) is 0 Å². The summed E-state index contributed by atoms with van der Waals surface area (Å²) in [7, 11) is 0. The predicted octanol–water partition coefficient (Wildman–Crippen LogP) is 4.57. The lowest BCUT2D eigenvalue weighted by Gasteiger charge is -2.29. The molecule has 0 radical (unpaired) electrons. The van der Waals surface area contributed by atoms with Crippen LogP contribution in [0.5, 0.6) is 0 Å². The summed E-state index contributed by atoms with van der Waals surface area (Å²) in [6.07, 6.45) is 5.35. The van der Waals surface area contributed by atoms with Gasteiger partial charge in [0.25, 0.3) is 0 Å². The van der Waals surface area contributed by atoms with Crippen LogP contribution >= 0.6 is 11.6 Å². The van der Waals surface area contributed by atoms with Gasteiger partial charge in [0, 0.05) is 17.1 Å². The minimum atomic E-state index is 0.395. The van der Waals surface area contributed by atoms with Gasteiger partial charge in [-0.1, -0.05) is 30.7 Å². The predicted molar refractivity (Wildman–Crippen MR) is 74.4 cm³/mol. The average Bonchev–Trinajstić information content (AvgIpc) is 2.32. The van der Waals surface area contributed by atoms with Gasteiger partial charge in [0.1, 0.15) is 0 Å². The Bertz CT molecular complexity index is 356. The van der Waals surface area contributed by atoms with Crippen molar-refractivity contribution in [2.75, 3.05) is 0 Å². The molecule has 17 heavy (non-hydrogen) atoms. The Hall–Kier alpha value is -0.530. The molecule has 0 heterocycles. The molecule has 2 heteroatoms. The van der Waals surface area contributed by atoms with E-state index in [0.29, 0.717) is 12.1 Å². The van der Waals surface area contributed by atoms with E-state index in [2.05, 4.69) is 31.3 Å². The van der Waals surface area contributed by atoms with Gasteiger partial charge in [-0.25, -0.2) is 0 Å². The molecular weight excluding hydrogens is 230 g/mol. The van der Waals surface area contributed by atoms with Crippen molar-refractivity contribution in [2.24, 2.45) is 5.92 Å². The Kier molecular flexibility index (Phi) is 4.47. The molecule has 1 unspecified atom stereocenters. The molecule has 0 spiro atoms. The van der Waals surface area contributed by atoms with E-state index in [9.17, 15) is 0 Å². The highest BCUT2D eigenvalue weighted by Crippen LogP contribution is 2.26. The second-order valence-corrected chi connectivity index (χ2v) is 5.84. The van der Waals surface area contributed by atoms with Crippen molar-refractivity contribution in [2.45, 2.75) is 51.6 Å². The summed E-state index contributed by atoms with van der Waals surface area (Å²) in [5, 5.41) is 4.55. The van der Waals surface area contributed by atoms with E-state index in [0.717, 1.165) is 10.9 Å². The number of rotatable bonds is 3. The van der Waals surface area contributed by atoms with Crippen LogP contribution in [-0.4, -0.2) is 6.04 Å². The second kappa shape index (κ2) is 5.88. The van der Waals surface area contributed by atoms with E-state index in [4.69, 9.17) is 11.6 Å². The Morgan fingerprint density at radius 2 is 1.94 bits per heavy atom. The van der Waals surface area contributed by atoms with Crippen LogP contribution in [0.25, 0.3) is 0 Å². The van der Waals surface area contributed by atoms with E-state index >= 15 is 0 Å². The minimum Gasteiger partial charge on any atom is -0.307 e. The first kappa shape index (κ1) is 12.9. The standard InChI is InChI=1S/C15H22ClN/c1-11-6-8-15(9-7-11)17-12(2)13-4-3-5-14(16)10-13/h3-5,10-12,15,17H,6-9H2,1-2H3. The zero-order chi connectivity index (χ0) is 12.3. The second-order valence-electron chi connectivity index (χ2n) is 5.40. The Labute approximate surface area is 110 Å². The van der Waals surface area contributed by atoms with Crippen LogP contribution in [0, 0.1) is 5.92 Å². The zero-order valence-electron chi connectivity index (χ0n) is 10.7. The summed E-state index contributed by atoms with van der Waals surface area (Å²) in [4.78, 5) is 0. The first-order valence-electron chi connectivity index (χ1n) is 6.66. The van der Waals surface area contributed by atoms with E-state index in [1.165, 1.54) is 31.2 Å². The Balaban J connectivity index is 1.90. The van der Waals surface area contributed by atoms with E-state index in [1.54, 1.807) is 0 Å². The molecule has 0 aliphatic heterocycles. The van der Waals surface area contributed by atoms with Gasteiger partial charge in [0.2, 0.25) is 0 Å². The number of halogens is 1. The molecule has 1 fully saturated rings. The van der Waals surface area contributed by atoms with E-state index in [1.807, 2.05) is 12.1 Å². The topological polar surface area (TPSA) is 12.0 Å². The van der Waals surface area contributed by atoms with Crippen LogP contribution in [0.4, 0.5) is 0 Å². The van der Waals surface area contributed by atoms with Crippen molar-refractivity contribution in [3.05, 3.63) is 34.9 Å². The molecule has 2 rings (SSSR count). The summed E-state index contributed by atoms with van der Waals surface area (Å²) >= 11 is 6.02. The third-order valence-corrected chi connectivity index (χ3v) is 4.09. The molecule has 1 atom stereocenters. The van der Waals surface area contributed by atoms with Gasteiger partial charge in [-0.3, -0.25) is 0 Å². The van der Waals surface area contributed by atoms with Crippen molar-refractivity contribution in [3.8, 4) is 0 Å². The van der Waals surface area contributed by atoms with Gasteiger partial charge in [-0.2, -0.15) is 0 Å². The maximum atomic E-state index is 6.02. The third kappa shape index (κ3) is 3.72. The third-order valence-electron chi connectivity index (χ3n) is 3.85. The molecule has 1 aromatic rings. The quantitative estimate of drug-likeness (QED) is 0.830. The fraction of sp³-hybridized carbons (Fsp3) is 0.600. The highest BCUT2D eigenvalue weighted by Gasteiger charge is 2.19. The first-order valence-corrected chi connectivity index (χ1v) is 7.04. The van der Waals surface area contributed by atoms with Gasteiger partial charge in [0.05, 0.1) is 0 Å². The normalized spacial score (nSPS) is 26.8. The summed E-state index contributed by atoms with van der Waals surface area (Å²) in [6, 6.07) is 9.24. The zero-order valence-corrected chi connectivity index (χ0v) is 11.5. The number of hydrogen-bond donors (Lipinski definition) is 1. The molecule has 0 aromatic heterocycles. The summed E-state index contributed by atoms with van der Waals surface area (Å²) in [5.74, 6) is 0.912. The Morgan fingerprint density at radius 3 is 2.59 bits per heavy atom. The van der Waals surface area contributed by atoms with Crippen molar-refractivity contribution in [1.82, 2.24) is 5.32 Å². The van der Waals surface area contributed by atoms with Gasteiger partial charge < -0.3 is 5.32 Å². The van der Waals surface area contributed by atoms with Crippen LogP contribution in [0.1, 0.15) is 51.1 Å². The molecule has 1 nitrogen and oxygen atoms in total. The molecule has 1 aliphatic carbocycles. The lowest BCUT2D eigenvalue weighted by atomic mass is 9.87. The van der Waals surface area contributed by atoms with E-state index < -0.39 is 0 Å². The largest absolute Gasteiger partial charge is 0.307 e. The summed E-state index contributed by atoms with van der Waals surface area (Å²) in [6.45, 7) is 4.58. The minimum absolute atomic E-state index is 0.395. The molecule has 0 saturated heterocycles. The van der Waals surface area contributed by atoms with Crippen LogP contribution in [0.3, 0.4) is 0 Å². The highest BCUT2D eigenvalue weighted by molar-refractivity contribution is 6.30. The fourth-order valence-electron chi connectivity index (χ4n) is 2.65. The van der Waals surface area contributed by atoms with Crippen molar-refractivity contribution >= 4 is 11.6 Å². The van der Waals surface area contributed by atoms with E-state index in [-0.39, 0.29) is 0 Å².